The van der Waals surface area contributed by atoms with Crippen molar-refractivity contribution in [2.24, 2.45) is 0 Å². The van der Waals surface area contributed by atoms with E-state index in [1.165, 1.54) is 32.7 Å². The predicted octanol–water partition coefficient (Wildman–Crippen LogP) is 1.50. The summed E-state index contributed by atoms with van der Waals surface area (Å²) >= 11 is 0. The Balaban J connectivity index is 1.96. The molecule has 0 aromatic heterocycles. The topological polar surface area (TPSA) is 47.6 Å². The van der Waals surface area contributed by atoms with Gasteiger partial charge in [-0.05, 0) is 39.3 Å². The van der Waals surface area contributed by atoms with Crippen molar-refractivity contribution in [3.63, 3.8) is 0 Å². The molecule has 1 aliphatic heterocycles. The summed E-state index contributed by atoms with van der Waals surface area (Å²) in [7, 11) is 0. The Morgan fingerprint density at radius 1 is 1.10 bits per heavy atom. The Labute approximate surface area is 124 Å². The van der Waals surface area contributed by atoms with Crippen LogP contribution in [-0.4, -0.2) is 67.7 Å². The summed E-state index contributed by atoms with van der Waals surface area (Å²) in [6.07, 6.45) is 3.19. The Morgan fingerprint density at radius 2 is 1.75 bits per heavy atom. The summed E-state index contributed by atoms with van der Waals surface area (Å²) in [6.45, 7) is 14.2. The molecule has 0 spiro atoms. The monoisotopic (exact) mass is 284 g/mol. The van der Waals surface area contributed by atoms with E-state index >= 15 is 0 Å². The first-order valence-electron chi connectivity index (χ1n) is 8.14. The van der Waals surface area contributed by atoms with Crippen molar-refractivity contribution in [1.82, 2.24) is 20.4 Å². The van der Waals surface area contributed by atoms with Gasteiger partial charge in [-0.3, -0.25) is 0 Å². The molecule has 1 aliphatic rings. The second-order valence-corrected chi connectivity index (χ2v) is 5.69. The van der Waals surface area contributed by atoms with Gasteiger partial charge in [-0.15, -0.1) is 0 Å². The minimum absolute atomic E-state index is 0.0316. The van der Waals surface area contributed by atoms with E-state index in [1.807, 2.05) is 6.92 Å². The molecule has 2 amide bonds. The lowest BCUT2D eigenvalue weighted by Gasteiger charge is -2.33. The predicted molar refractivity (Wildman–Crippen MR) is 84.1 cm³/mol. The molecule has 1 fully saturated rings. The molecule has 5 nitrogen and oxygen atoms in total. The molecule has 0 bridgehead atoms. The zero-order valence-corrected chi connectivity index (χ0v) is 13.5. The third-order valence-corrected chi connectivity index (χ3v) is 4.09. The fourth-order valence-corrected chi connectivity index (χ4v) is 2.37. The zero-order chi connectivity index (χ0) is 14.8. The van der Waals surface area contributed by atoms with Crippen molar-refractivity contribution in [2.75, 3.05) is 45.8 Å². The van der Waals surface area contributed by atoms with Gasteiger partial charge < -0.3 is 20.4 Å². The lowest BCUT2D eigenvalue weighted by Crippen LogP contribution is -2.46. The van der Waals surface area contributed by atoms with E-state index in [0.29, 0.717) is 0 Å². The second kappa shape index (κ2) is 10.00. The van der Waals surface area contributed by atoms with Gasteiger partial charge in [0.2, 0.25) is 0 Å². The number of nitrogens with zero attached hydrogens (tertiary/aromatic N) is 2. The average molecular weight is 284 g/mol. The normalized spacial score (nSPS) is 18.8. The largest absolute Gasteiger partial charge is 0.338 e. The molecule has 118 valence electrons. The fourth-order valence-electron chi connectivity index (χ4n) is 2.37. The Bertz CT molecular complexity index is 265. The fraction of sp³-hybridized carbons (Fsp3) is 0.933. The van der Waals surface area contributed by atoms with Crippen molar-refractivity contribution in [3.8, 4) is 0 Å². The van der Waals surface area contributed by atoms with Crippen LogP contribution in [-0.2, 0) is 0 Å². The summed E-state index contributed by atoms with van der Waals surface area (Å²) in [6, 6.07) is 0.223. The maximum absolute atomic E-state index is 11.5. The molecule has 1 heterocycles. The van der Waals surface area contributed by atoms with Crippen molar-refractivity contribution in [2.45, 2.75) is 46.1 Å². The van der Waals surface area contributed by atoms with E-state index in [1.54, 1.807) is 0 Å². The van der Waals surface area contributed by atoms with Crippen molar-refractivity contribution in [1.29, 1.82) is 0 Å². The van der Waals surface area contributed by atoms with Gasteiger partial charge in [-0.25, -0.2) is 4.79 Å². The highest BCUT2D eigenvalue weighted by atomic mass is 16.2. The molecule has 0 radical (unpaired) electrons. The molecule has 1 unspecified atom stereocenters. The van der Waals surface area contributed by atoms with E-state index in [9.17, 15) is 4.79 Å². The first-order valence-corrected chi connectivity index (χ1v) is 8.14. The number of carbonyl (C=O) groups excluding carboxylic acids is 1. The first-order chi connectivity index (χ1) is 9.65. The number of rotatable bonds is 8. The molecule has 0 aliphatic carbocycles. The number of piperazine rings is 1. The van der Waals surface area contributed by atoms with Gasteiger partial charge in [0.15, 0.2) is 0 Å². The average Bonchev–Trinajstić information content (AvgIpc) is 2.47. The standard InChI is InChI=1S/C15H32N4O/c1-4-14(3)17-15(20)16-8-6-7-9-19-12-10-18(5-2)11-13-19/h14H,4-13H2,1-3H3,(H2,16,17,20). The molecule has 5 heteroatoms. The molecule has 2 N–H and O–H groups in total. The minimum atomic E-state index is -0.0316. The molecule has 1 rings (SSSR count). The SMILES string of the molecule is CCC(C)NC(=O)NCCCCN1CCN(CC)CC1. The smallest absolute Gasteiger partial charge is 0.314 e. The lowest BCUT2D eigenvalue weighted by molar-refractivity contribution is 0.135. The van der Waals surface area contributed by atoms with Gasteiger partial charge in [0.05, 0.1) is 0 Å². The van der Waals surface area contributed by atoms with Gasteiger partial charge in [0, 0.05) is 38.8 Å². The van der Waals surface area contributed by atoms with Crippen LogP contribution in [0.3, 0.4) is 0 Å². The molecular weight excluding hydrogens is 252 g/mol. The maximum Gasteiger partial charge on any atom is 0.314 e. The third kappa shape index (κ3) is 7.10. The van der Waals surface area contributed by atoms with Crippen LogP contribution in [0.1, 0.15) is 40.0 Å². The Hall–Kier alpha value is -0.810. The van der Waals surface area contributed by atoms with Crippen LogP contribution in [0.25, 0.3) is 0 Å². The van der Waals surface area contributed by atoms with Crippen LogP contribution >= 0.6 is 0 Å². The number of carbonyl (C=O) groups is 1. The second-order valence-electron chi connectivity index (χ2n) is 5.69. The van der Waals surface area contributed by atoms with Crippen LogP contribution in [0.4, 0.5) is 4.79 Å². The number of unbranched alkanes of at least 4 members (excludes halogenated alkanes) is 1. The summed E-state index contributed by atoms with van der Waals surface area (Å²) in [5.41, 5.74) is 0. The molecule has 0 saturated carbocycles. The van der Waals surface area contributed by atoms with Gasteiger partial charge in [-0.1, -0.05) is 13.8 Å². The highest BCUT2D eigenvalue weighted by Crippen LogP contribution is 2.02. The van der Waals surface area contributed by atoms with Crippen LogP contribution in [0.2, 0.25) is 0 Å². The van der Waals surface area contributed by atoms with E-state index < -0.39 is 0 Å². The maximum atomic E-state index is 11.5. The molecule has 20 heavy (non-hydrogen) atoms. The van der Waals surface area contributed by atoms with E-state index in [4.69, 9.17) is 0 Å². The summed E-state index contributed by atoms with van der Waals surface area (Å²) in [5, 5.41) is 5.84. The quantitative estimate of drug-likeness (QED) is 0.664. The number of urea groups is 1. The number of hydrogen-bond donors (Lipinski definition) is 2. The van der Waals surface area contributed by atoms with E-state index in [-0.39, 0.29) is 12.1 Å². The van der Waals surface area contributed by atoms with Gasteiger partial charge in [-0.2, -0.15) is 0 Å². The van der Waals surface area contributed by atoms with Crippen LogP contribution in [0, 0.1) is 0 Å². The van der Waals surface area contributed by atoms with Crippen molar-refractivity contribution < 1.29 is 4.79 Å². The number of amides is 2. The minimum Gasteiger partial charge on any atom is -0.338 e. The molecule has 1 atom stereocenters. The zero-order valence-electron chi connectivity index (χ0n) is 13.5. The van der Waals surface area contributed by atoms with Crippen molar-refractivity contribution in [3.05, 3.63) is 0 Å². The van der Waals surface area contributed by atoms with Crippen LogP contribution in [0.15, 0.2) is 0 Å². The van der Waals surface area contributed by atoms with Gasteiger partial charge >= 0.3 is 6.03 Å². The molecule has 0 aromatic rings. The van der Waals surface area contributed by atoms with E-state index in [0.717, 1.165) is 32.4 Å². The third-order valence-electron chi connectivity index (χ3n) is 4.09. The summed E-state index contributed by atoms with van der Waals surface area (Å²) < 4.78 is 0. The highest BCUT2D eigenvalue weighted by molar-refractivity contribution is 5.74. The number of nitrogens with one attached hydrogen (secondary N) is 2. The Kier molecular flexibility index (Phi) is 8.62. The van der Waals surface area contributed by atoms with Crippen LogP contribution in [0.5, 0.6) is 0 Å². The lowest BCUT2D eigenvalue weighted by atomic mass is 10.2. The Morgan fingerprint density at radius 3 is 2.35 bits per heavy atom. The number of likely N-dealkylation sites (N-methyl/N-ethyl adjacent to an activating group) is 1. The first kappa shape index (κ1) is 17.2. The van der Waals surface area contributed by atoms with Crippen LogP contribution < -0.4 is 10.6 Å². The van der Waals surface area contributed by atoms with Gasteiger partial charge in [0.25, 0.3) is 0 Å². The summed E-state index contributed by atoms with van der Waals surface area (Å²) in [5.74, 6) is 0. The highest BCUT2D eigenvalue weighted by Gasteiger charge is 2.14. The van der Waals surface area contributed by atoms with E-state index in [2.05, 4.69) is 34.3 Å². The number of hydrogen-bond acceptors (Lipinski definition) is 3. The molecular formula is C15H32N4O. The summed E-state index contributed by atoms with van der Waals surface area (Å²) in [4.78, 5) is 16.5. The molecule has 0 aromatic carbocycles. The van der Waals surface area contributed by atoms with Crippen molar-refractivity contribution >= 4 is 6.03 Å². The molecule has 1 saturated heterocycles. The van der Waals surface area contributed by atoms with Gasteiger partial charge in [0.1, 0.15) is 0 Å².